The molecule has 0 bridgehead atoms. The van der Waals surface area contributed by atoms with Gasteiger partial charge in [-0.2, -0.15) is 0 Å². The Labute approximate surface area is 220 Å². The zero-order valence-electron chi connectivity index (χ0n) is 20.4. The summed E-state index contributed by atoms with van der Waals surface area (Å²) in [5.74, 6) is 0. The van der Waals surface area contributed by atoms with Crippen molar-refractivity contribution in [2.45, 2.75) is 57.8 Å². The molecule has 1 atom stereocenters. The van der Waals surface area contributed by atoms with Gasteiger partial charge in [-0.1, -0.05) is 56.1 Å². The first-order chi connectivity index (χ1) is 16.0. The lowest BCUT2D eigenvalue weighted by Crippen LogP contribution is -2.60. The van der Waals surface area contributed by atoms with E-state index in [4.69, 9.17) is 9.47 Å². The number of rotatable bonds is 5. The summed E-state index contributed by atoms with van der Waals surface area (Å²) >= 11 is 7.18. The van der Waals surface area contributed by atoms with Crippen molar-refractivity contribution < 1.29 is 14.3 Å². The van der Waals surface area contributed by atoms with Crippen LogP contribution in [0.1, 0.15) is 50.5 Å². The minimum absolute atomic E-state index is 0.0301. The summed E-state index contributed by atoms with van der Waals surface area (Å²) in [6, 6.07) is 15.0. The SMILES string of the molecule is CC(OCC1(N2CCN(C(=O)OC(C)(C)C)CC2)Cc2ccccc2C1)c1cc(Br)cc(Br)c1. The molecule has 34 heavy (non-hydrogen) atoms. The molecule has 184 valence electrons. The van der Waals surface area contributed by atoms with E-state index in [0.29, 0.717) is 19.7 Å². The first kappa shape index (κ1) is 25.7. The molecule has 4 rings (SSSR count). The Morgan fingerprint density at radius 2 is 1.56 bits per heavy atom. The second-order valence-electron chi connectivity index (χ2n) is 10.5. The molecule has 1 aliphatic carbocycles. The van der Waals surface area contributed by atoms with Gasteiger partial charge in [-0.15, -0.1) is 0 Å². The number of hydrogen-bond acceptors (Lipinski definition) is 4. The molecule has 2 aromatic rings. The Morgan fingerprint density at radius 1 is 1.00 bits per heavy atom. The minimum Gasteiger partial charge on any atom is -0.444 e. The highest BCUT2D eigenvalue weighted by molar-refractivity contribution is 9.11. The Hall–Kier alpha value is -1.41. The van der Waals surface area contributed by atoms with Crippen LogP contribution in [-0.4, -0.2) is 59.8 Å². The number of hydrogen-bond donors (Lipinski definition) is 0. The molecular formula is C27H34Br2N2O3. The summed E-state index contributed by atoms with van der Waals surface area (Å²) in [7, 11) is 0. The number of fused-ring (bicyclic) bond motifs is 1. The molecule has 7 heteroatoms. The van der Waals surface area contributed by atoms with E-state index in [-0.39, 0.29) is 17.7 Å². The quantitative estimate of drug-likeness (QED) is 0.403. The van der Waals surface area contributed by atoms with Crippen molar-refractivity contribution in [3.8, 4) is 0 Å². The van der Waals surface area contributed by atoms with Gasteiger partial charge in [0, 0.05) is 35.1 Å². The van der Waals surface area contributed by atoms with Crippen molar-refractivity contribution in [2.24, 2.45) is 0 Å². The van der Waals surface area contributed by atoms with Crippen LogP contribution in [0.3, 0.4) is 0 Å². The van der Waals surface area contributed by atoms with E-state index in [1.807, 2.05) is 31.7 Å². The highest BCUT2D eigenvalue weighted by Gasteiger charge is 2.44. The Bertz CT molecular complexity index is 984. The zero-order chi connectivity index (χ0) is 24.5. The molecule has 0 N–H and O–H groups in total. The Balaban J connectivity index is 1.48. The molecular weight excluding hydrogens is 560 g/mol. The van der Waals surface area contributed by atoms with Crippen LogP contribution in [0.2, 0.25) is 0 Å². The van der Waals surface area contributed by atoms with E-state index in [0.717, 1.165) is 40.4 Å². The average Bonchev–Trinajstić information content (AvgIpc) is 3.15. The lowest BCUT2D eigenvalue weighted by molar-refractivity contribution is -0.0522. The first-order valence-electron chi connectivity index (χ1n) is 11.9. The number of carbonyl (C=O) groups is 1. The van der Waals surface area contributed by atoms with Crippen molar-refractivity contribution in [1.29, 1.82) is 0 Å². The van der Waals surface area contributed by atoms with Crippen molar-refractivity contribution in [2.75, 3.05) is 32.8 Å². The summed E-state index contributed by atoms with van der Waals surface area (Å²) in [6.07, 6.45) is 1.67. The third-order valence-electron chi connectivity index (χ3n) is 6.72. The van der Waals surface area contributed by atoms with E-state index in [9.17, 15) is 4.79 Å². The third-order valence-corrected chi connectivity index (χ3v) is 7.63. The molecule has 1 fully saturated rings. The van der Waals surface area contributed by atoms with E-state index >= 15 is 0 Å². The summed E-state index contributed by atoms with van der Waals surface area (Å²) in [6.45, 7) is 11.4. The Kier molecular flexibility index (Phi) is 7.77. The second-order valence-corrected chi connectivity index (χ2v) is 12.3. The number of carbonyl (C=O) groups excluding carboxylic acids is 1. The van der Waals surface area contributed by atoms with Gasteiger partial charge in [-0.05, 0) is 75.4 Å². The molecule has 0 aromatic heterocycles. The van der Waals surface area contributed by atoms with Gasteiger partial charge < -0.3 is 14.4 Å². The fourth-order valence-electron chi connectivity index (χ4n) is 4.97. The van der Waals surface area contributed by atoms with Crippen LogP contribution in [0.15, 0.2) is 51.4 Å². The standard InChI is InChI=1S/C27H34Br2N2O3/c1-19(22-13-23(28)15-24(29)14-22)33-18-27(16-20-7-5-6-8-21(20)17-27)31-11-9-30(10-12-31)25(32)34-26(2,3)4/h5-8,13-15,19H,9-12,16-18H2,1-4H3. The number of amides is 1. The molecule has 0 spiro atoms. The van der Waals surface area contributed by atoms with Gasteiger partial charge in [-0.3, -0.25) is 4.90 Å². The number of piperazine rings is 1. The van der Waals surface area contributed by atoms with Crippen molar-refractivity contribution in [3.63, 3.8) is 0 Å². The van der Waals surface area contributed by atoms with Crippen LogP contribution >= 0.6 is 31.9 Å². The number of benzene rings is 2. The molecule has 1 amide bonds. The molecule has 0 radical (unpaired) electrons. The maximum absolute atomic E-state index is 12.6. The van der Waals surface area contributed by atoms with E-state index < -0.39 is 5.60 Å². The third kappa shape index (κ3) is 6.04. The fraction of sp³-hybridized carbons (Fsp3) is 0.519. The van der Waals surface area contributed by atoms with Gasteiger partial charge in [0.15, 0.2) is 0 Å². The minimum atomic E-state index is -0.478. The molecule has 1 heterocycles. The largest absolute Gasteiger partial charge is 0.444 e. The van der Waals surface area contributed by atoms with E-state index in [2.05, 4.69) is 80.1 Å². The van der Waals surface area contributed by atoms with Crippen LogP contribution in [0.5, 0.6) is 0 Å². The summed E-state index contributed by atoms with van der Waals surface area (Å²) in [5.41, 5.74) is 3.36. The van der Waals surface area contributed by atoms with Gasteiger partial charge in [0.25, 0.3) is 0 Å². The topological polar surface area (TPSA) is 42.0 Å². The maximum Gasteiger partial charge on any atom is 0.410 e. The van der Waals surface area contributed by atoms with Crippen molar-refractivity contribution in [3.05, 3.63) is 68.1 Å². The number of nitrogens with zero attached hydrogens (tertiary/aromatic N) is 2. The lowest BCUT2D eigenvalue weighted by atomic mass is 9.93. The van der Waals surface area contributed by atoms with Crippen LogP contribution in [0.25, 0.3) is 0 Å². The van der Waals surface area contributed by atoms with Gasteiger partial charge >= 0.3 is 6.09 Å². The van der Waals surface area contributed by atoms with E-state index in [1.54, 1.807) is 0 Å². The van der Waals surface area contributed by atoms with Crippen LogP contribution in [-0.2, 0) is 22.3 Å². The normalized spacial score (nSPS) is 19.1. The highest BCUT2D eigenvalue weighted by atomic mass is 79.9. The van der Waals surface area contributed by atoms with Crippen LogP contribution < -0.4 is 0 Å². The van der Waals surface area contributed by atoms with Crippen LogP contribution in [0, 0.1) is 0 Å². The summed E-state index contributed by atoms with van der Waals surface area (Å²) < 4.78 is 14.2. The van der Waals surface area contributed by atoms with Crippen molar-refractivity contribution >= 4 is 38.0 Å². The molecule has 1 aliphatic heterocycles. The summed E-state index contributed by atoms with van der Waals surface area (Å²) in [5, 5.41) is 0. The lowest BCUT2D eigenvalue weighted by Gasteiger charge is -2.46. The van der Waals surface area contributed by atoms with Gasteiger partial charge in [0.2, 0.25) is 0 Å². The molecule has 1 unspecified atom stereocenters. The number of halogens is 2. The van der Waals surface area contributed by atoms with Gasteiger partial charge in [-0.25, -0.2) is 4.79 Å². The fourth-order valence-corrected chi connectivity index (χ4v) is 6.30. The molecule has 2 aliphatic rings. The first-order valence-corrected chi connectivity index (χ1v) is 13.5. The number of ether oxygens (including phenoxy) is 2. The van der Waals surface area contributed by atoms with Gasteiger partial charge in [0.1, 0.15) is 5.60 Å². The molecule has 5 nitrogen and oxygen atoms in total. The summed E-state index contributed by atoms with van der Waals surface area (Å²) in [4.78, 5) is 17.0. The molecule has 2 aromatic carbocycles. The smallest absolute Gasteiger partial charge is 0.410 e. The maximum atomic E-state index is 12.6. The molecule has 1 saturated heterocycles. The second kappa shape index (κ2) is 10.3. The van der Waals surface area contributed by atoms with Crippen molar-refractivity contribution in [1.82, 2.24) is 9.80 Å². The van der Waals surface area contributed by atoms with E-state index in [1.165, 1.54) is 11.1 Å². The molecule has 0 saturated carbocycles. The van der Waals surface area contributed by atoms with Gasteiger partial charge in [0.05, 0.1) is 18.2 Å². The predicted octanol–water partition coefficient (Wildman–Crippen LogP) is 6.38. The average molecular weight is 594 g/mol. The zero-order valence-corrected chi connectivity index (χ0v) is 23.6. The monoisotopic (exact) mass is 592 g/mol. The Morgan fingerprint density at radius 3 is 2.09 bits per heavy atom. The predicted molar refractivity (Wildman–Crippen MR) is 142 cm³/mol. The highest BCUT2D eigenvalue weighted by Crippen LogP contribution is 2.37. The van der Waals surface area contributed by atoms with Crippen LogP contribution in [0.4, 0.5) is 4.79 Å².